The van der Waals surface area contributed by atoms with Crippen LogP contribution in [0, 0.1) is 5.41 Å². The van der Waals surface area contributed by atoms with Gasteiger partial charge in [0, 0.05) is 5.56 Å². The molecule has 0 aliphatic carbocycles. The Hall–Kier alpha value is -1.65. The summed E-state index contributed by atoms with van der Waals surface area (Å²) < 4.78 is 5.86. The van der Waals surface area contributed by atoms with Crippen molar-refractivity contribution < 1.29 is 4.74 Å². The first kappa shape index (κ1) is 14.8. The predicted octanol–water partition coefficient (Wildman–Crippen LogP) is 3.72. The number of benzene rings is 2. The Morgan fingerprint density at radius 1 is 1.10 bits per heavy atom. The molecule has 1 atom stereocenters. The molecule has 20 heavy (non-hydrogen) atoms. The number of thioether (sulfide) groups is 1. The molecule has 3 rings (SSSR count). The van der Waals surface area contributed by atoms with Gasteiger partial charge >= 0.3 is 0 Å². The van der Waals surface area contributed by atoms with Crippen molar-refractivity contribution >= 4 is 29.3 Å². The molecule has 3 N–H and O–H groups in total. The molecule has 0 radical (unpaired) electrons. The number of amidine groups is 1. The van der Waals surface area contributed by atoms with Crippen LogP contribution in [0.3, 0.4) is 0 Å². The molecule has 1 aliphatic heterocycles. The van der Waals surface area contributed by atoms with Gasteiger partial charge < -0.3 is 10.5 Å². The summed E-state index contributed by atoms with van der Waals surface area (Å²) >= 11 is 1.36. The SMILES string of the molecule is Cl.N=C(N)SC1c2ccccc2COc2ccccc21. The summed E-state index contributed by atoms with van der Waals surface area (Å²) in [6.07, 6.45) is 0. The lowest BCUT2D eigenvalue weighted by Crippen LogP contribution is -2.09. The molecule has 0 amide bonds. The Morgan fingerprint density at radius 3 is 2.50 bits per heavy atom. The van der Waals surface area contributed by atoms with E-state index >= 15 is 0 Å². The van der Waals surface area contributed by atoms with Crippen molar-refractivity contribution in [2.24, 2.45) is 5.73 Å². The maximum Gasteiger partial charge on any atom is 0.151 e. The first-order valence-electron chi connectivity index (χ1n) is 6.06. The van der Waals surface area contributed by atoms with Gasteiger partial charge in [0.15, 0.2) is 5.17 Å². The van der Waals surface area contributed by atoms with Crippen molar-refractivity contribution in [3.05, 3.63) is 65.2 Å². The van der Waals surface area contributed by atoms with Crippen LogP contribution in [-0.4, -0.2) is 5.17 Å². The zero-order chi connectivity index (χ0) is 13.2. The van der Waals surface area contributed by atoms with Gasteiger partial charge in [-0.05, 0) is 17.2 Å². The van der Waals surface area contributed by atoms with Crippen LogP contribution in [0.4, 0.5) is 0 Å². The third-order valence-corrected chi connectivity index (χ3v) is 4.16. The maximum atomic E-state index is 7.58. The fourth-order valence-electron chi connectivity index (χ4n) is 2.33. The van der Waals surface area contributed by atoms with E-state index in [1.807, 2.05) is 36.4 Å². The van der Waals surface area contributed by atoms with E-state index in [2.05, 4.69) is 12.1 Å². The van der Waals surface area contributed by atoms with Gasteiger partial charge in [-0.1, -0.05) is 54.2 Å². The van der Waals surface area contributed by atoms with Crippen molar-refractivity contribution in [2.45, 2.75) is 11.9 Å². The molecule has 0 bridgehead atoms. The van der Waals surface area contributed by atoms with Crippen LogP contribution in [0.2, 0.25) is 0 Å². The van der Waals surface area contributed by atoms with Gasteiger partial charge in [0.25, 0.3) is 0 Å². The zero-order valence-electron chi connectivity index (χ0n) is 10.7. The Balaban J connectivity index is 0.00000147. The summed E-state index contributed by atoms with van der Waals surface area (Å²) in [5, 5.41) is 7.73. The van der Waals surface area contributed by atoms with Crippen LogP contribution >= 0.6 is 24.2 Å². The normalized spacial score (nSPS) is 15.9. The number of nitrogens with one attached hydrogen (secondary N) is 1. The monoisotopic (exact) mass is 306 g/mol. The number of nitrogens with two attached hydrogens (primary N) is 1. The Labute approximate surface area is 128 Å². The number of halogens is 1. The van der Waals surface area contributed by atoms with Gasteiger partial charge in [-0.2, -0.15) is 0 Å². The van der Waals surface area contributed by atoms with E-state index in [-0.39, 0.29) is 22.8 Å². The van der Waals surface area contributed by atoms with Gasteiger partial charge in [0.2, 0.25) is 0 Å². The second-order valence-electron chi connectivity index (χ2n) is 4.39. The summed E-state index contributed by atoms with van der Waals surface area (Å²) in [5.41, 5.74) is 8.99. The largest absolute Gasteiger partial charge is 0.489 e. The minimum Gasteiger partial charge on any atom is -0.489 e. The quantitative estimate of drug-likeness (QED) is 0.623. The molecular weight excluding hydrogens is 292 g/mol. The molecule has 3 nitrogen and oxygen atoms in total. The molecule has 2 aromatic rings. The van der Waals surface area contributed by atoms with E-state index in [1.165, 1.54) is 17.3 Å². The summed E-state index contributed by atoms with van der Waals surface area (Å²) in [4.78, 5) is 0. The molecule has 1 unspecified atom stereocenters. The van der Waals surface area contributed by atoms with Crippen LogP contribution in [-0.2, 0) is 6.61 Å². The van der Waals surface area contributed by atoms with E-state index in [0.29, 0.717) is 6.61 Å². The van der Waals surface area contributed by atoms with Gasteiger partial charge in [0.1, 0.15) is 12.4 Å². The predicted molar refractivity (Wildman–Crippen MR) is 85.8 cm³/mol. The summed E-state index contributed by atoms with van der Waals surface area (Å²) in [5.74, 6) is 0.873. The lowest BCUT2D eigenvalue weighted by atomic mass is 10.0. The van der Waals surface area contributed by atoms with Gasteiger partial charge in [0.05, 0.1) is 5.25 Å². The van der Waals surface area contributed by atoms with Crippen LogP contribution in [0.1, 0.15) is 21.9 Å². The van der Waals surface area contributed by atoms with E-state index in [9.17, 15) is 0 Å². The zero-order valence-corrected chi connectivity index (χ0v) is 12.3. The van der Waals surface area contributed by atoms with Crippen molar-refractivity contribution in [3.63, 3.8) is 0 Å². The number of hydrogen-bond donors (Lipinski definition) is 2. The van der Waals surface area contributed by atoms with Crippen LogP contribution in [0.15, 0.2) is 48.5 Å². The maximum absolute atomic E-state index is 7.58. The van der Waals surface area contributed by atoms with Crippen molar-refractivity contribution in [1.29, 1.82) is 5.41 Å². The first-order valence-corrected chi connectivity index (χ1v) is 6.94. The van der Waals surface area contributed by atoms with Crippen molar-refractivity contribution in [1.82, 2.24) is 0 Å². The number of fused-ring (bicyclic) bond motifs is 2. The first-order chi connectivity index (χ1) is 9.25. The molecule has 1 aliphatic rings. The molecule has 0 saturated heterocycles. The second kappa shape index (κ2) is 6.20. The van der Waals surface area contributed by atoms with Gasteiger partial charge in [-0.3, -0.25) is 5.41 Å². The number of rotatable bonds is 1. The minimum atomic E-state index is 0. The van der Waals surface area contributed by atoms with E-state index in [4.69, 9.17) is 15.9 Å². The Bertz CT molecular complexity index is 585. The summed E-state index contributed by atoms with van der Waals surface area (Å²) in [7, 11) is 0. The summed E-state index contributed by atoms with van der Waals surface area (Å²) in [6.45, 7) is 0.558. The van der Waals surface area contributed by atoms with Gasteiger partial charge in [-0.15, -0.1) is 12.4 Å². The van der Waals surface area contributed by atoms with Gasteiger partial charge in [-0.25, -0.2) is 0 Å². The number of hydrogen-bond acceptors (Lipinski definition) is 3. The average Bonchev–Trinajstić information content (AvgIpc) is 2.57. The highest BCUT2D eigenvalue weighted by atomic mass is 35.5. The third kappa shape index (κ3) is 2.76. The molecule has 0 spiro atoms. The molecule has 104 valence electrons. The van der Waals surface area contributed by atoms with E-state index in [0.717, 1.165) is 16.9 Å². The molecule has 5 heteroatoms. The lowest BCUT2D eigenvalue weighted by molar-refractivity contribution is 0.307. The average molecular weight is 307 g/mol. The molecule has 0 saturated carbocycles. The number of para-hydroxylation sites is 1. The lowest BCUT2D eigenvalue weighted by Gasteiger charge is -2.17. The Kier molecular flexibility index (Phi) is 4.57. The smallest absolute Gasteiger partial charge is 0.151 e. The van der Waals surface area contributed by atoms with E-state index < -0.39 is 0 Å². The van der Waals surface area contributed by atoms with Crippen LogP contribution < -0.4 is 10.5 Å². The van der Waals surface area contributed by atoms with Crippen molar-refractivity contribution in [2.75, 3.05) is 0 Å². The topological polar surface area (TPSA) is 59.1 Å². The van der Waals surface area contributed by atoms with E-state index in [1.54, 1.807) is 0 Å². The molecule has 0 fully saturated rings. The standard InChI is InChI=1S/C15H14N2OS.ClH/c16-15(17)19-14-11-6-2-1-5-10(11)9-18-13-8-4-3-7-12(13)14;/h1-8,14H,9H2,(H3,16,17);1H. The number of ether oxygens (including phenoxy) is 1. The fourth-order valence-corrected chi connectivity index (χ4v) is 3.26. The second-order valence-corrected chi connectivity index (χ2v) is 5.53. The van der Waals surface area contributed by atoms with Crippen LogP contribution in [0.5, 0.6) is 5.75 Å². The summed E-state index contributed by atoms with van der Waals surface area (Å²) in [6, 6.07) is 16.1. The molecule has 0 aromatic heterocycles. The van der Waals surface area contributed by atoms with Crippen molar-refractivity contribution in [3.8, 4) is 5.75 Å². The third-order valence-electron chi connectivity index (χ3n) is 3.17. The Morgan fingerprint density at radius 2 is 1.75 bits per heavy atom. The fraction of sp³-hybridized carbons (Fsp3) is 0.133. The molecular formula is C15H15ClN2OS. The molecule has 1 heterocycles. The molecule has 2 aromatic carbocycles. The van der Waals surface area contributed by atoms with Crippen LogP contribution in [0.25, 0.3) is 0 Å². The highest BCUT2D eigenvalue weighted by Gasteiger charge is 2.25. The highest BCUT2D eigenvalue weighted by Crippen LogP contribution is 2.43. The highest BCUT2D eigenvalue weighted by molar-refractivity contribution is 8.14. The minimum absolute atomic E-state index is 0.